The highest BCUT2D eigenvalue weighted by atomic mass is 16.5. The Morgan fingerprint density at radius 3 is 2.52 bits per heavy atom. The summed E-state index contributed by atoms with van der Waals surface area (Å²) in [7, 11) is 2.96. The molecule has 2 aromatic carbocycles. The molecule has 0 amide bonds. The second kappa shape index (κ2) is 4.70. The summed E-state index contributed by atoms with van der Waals surface area (Å²) in [6, 6.07) is 6.81. The van der Waals surface area contributed by atoms with Gasteiger partial charge in [-0.15, -0.1) is 0 Å². The number of phenols is 1. The molecule has 1 N–H and O–H groups in total. The Kier molecular flexibility index (Phi) is 2.97. The van der Waals surface area contributed by atoms with Crippen molar-refractivity contribution < 1.29 is 19.0 Å². The molecule has 5 nitrogen and oxygen atoms in total. The van der Waals surface area contributed by atoms with Crippen molar-refractivity contribution >= 4 is 21.7 Å². The SMILES string of the molecule is COc1ccc2c(c1)c(=O)oc1c(OC)c(O)cc(C)c12. The molecule has 108 valence electrons. The quantitative estimate of drug-likeness (QED) is 0.579. The largest absolute Gasteiger partial charge is 0.504 e. The number of benzene rings is 2. The first-order chi connectivity index (χ1) is 10.1. The van der Waals surface area contributed by atoms with Gasteiger partial charge in [0, 0.05) is 10.8 Å². The van der Waals surface area contributed by atoms with Gasteiger partial charge in [-0.05, 0) is 36.8 Å². The maximum absolute atomic E-state index is 12.2. The van der Waals surface area contributed by atoms with Gasteiger partial charge >= 0.3 is 5.63 Å². The van der Waals surface area contributed by atoms with Gasteiger partial charge in [0.15, 0.2) is 11.3 Å². The molecular weight excluding hydrogens is 272 g/mol. The number of hydrogen-bond donors (Lipinski definition) is 1. The second-order valence-corrected chi connectivity index (χ2v) is 4.75. The standard InChI is InChI=1S/C16H14O5/c1-8-6-12(17)14(20-3)15-13(8)10-5-4-9(19-2)7-11(10)16(18)21-15/h4-7,17H,1-3H3. The number of phenolic OH excluding ortho intramolecular Hbond substituents is 1. The first-order valence-corrected chi connectivity index (χ1v) is 6.38. The fraction of sp³-hybridized carbons (Fsp3) is 0.188. The highest BCUT2D eigenvalue weighted by molar-refractivity contribution is 6.08. The summed E-state index contributed by atoms with van der Waals surface area (Å²) in [5.41, 5.74) is 0.541. The lowest BCUT2D eigenvalue weighted by molar-refractivity contribution is 0.369. The van der Waals surface area contributed by atoms with Gasteiger partial charge in [0.05, 0.1) is 19.6 Å². The molecule has 1 heterocycles. The number of ether oxygens (including phenoxy) is 2. The van der Waals surface area contributed by atoms with Crippen LogP contribution >= 0.6 is 0 Å². The molecule has 0 saturated carbocycles. The molecule has 21 heavy (non-hydrogen) atoms. The zero-order chi connectivity index (χ0) is 15.1. The first-order valence-electron chi connectivity index (χ1n) is 6.38. The molecule has 0 atom stereocenters. The lowest BCUT2D eigenvalue weighted by atomic mass is 10.0. The van der Waals surface area contributed by atoms with Crippen molar-refractivity contribution in [3.8, 4) is 17.2 Å². The zero-order valence-electron chi connectivity index (χ0n) is 11.9. The normalized spacial score (nSPS) is 11.0. The molecule has 0 aliphatic carbocycles. The van der Waals surface area contributed by atoms with E-state index in [1.54, 1.807) is 24.3 Å². The van der Waals surface area contributed by atoms with Crippen LogP contribution in [0.1, 0.15) is 5.56 Å². The van der Waals surface area contributed by atoms with Crippen LogP contribution in [0.25, 0.3) is 21.7 Å². The minimum atomic E-state index is -0.500. The molecule has 0 spiro atoms. The van der Waals surface area contributed by atoms with Gasteiger partial charge in [0.25, 0.3) is 0 Å². The van der Waals surface area contributed by atoms with E-state index in [0.717, 1.165) is 16.3 Å². The topological polar surface area (TPSA) is 68.9 Å². The molecule has 0 radical (unpaired) electrons. The highest BCUT2D eigenvalue weighted by Gasteiger charge is 2.17. The van der Waals surface area contributed by atoms with E-state index >= 15 is 0 Å². The summed E-state index contributed by atoms with van der Waals surface area (Å²) in [6.07, 6.45) is 0. The smallest absolute Gasteiger partial charge is 0.344 e. The number of hydrogen-bond acceptors (Lipinski definition) is 5. The van der Waals surface area contributed by atoms with Gasteiger partial charge in [0.1, 0.15) is 5.75 Å². The monoisotopic (exact) mass is 286 g/mol. The summed E-state index contributed by atoms with van der Waals surface area (Å²) >= 11 is 0. The molecular formula is C16H14O5. The van der Waals surface area contributed by atoms with E-state index in [1.807, 2.05) is 6.92 Å². The minimum absolute atomic E-state index is 0.0569. The molecule has 0 fully saturated rings. The van der Waals surface area contributed by atoms with Gasteiger partial charge < -0.3 is 19.0 Å². The number of rotatable bonds is 2. The third kappa shape index (κ3) is 1.89. The Balaban J connectivity index is 2.58. The van der Waals surface area contributed by atoms with Crippen LogP contribution in [-0.2, 0) is 0 Å². The lowest BCUT2D eigenvalue weighted by Gasteiger charge is -2.11. The van der Waals surface area contributed by atoms with Crippen LogP contribution < -0.4 is 15.1 Å². The van der Waals surface area contributed by atoms with Crippen molar-refractivity contribution in [2.75, 3.05) is 14.2 Å². The highest BCUT2D eigenvalue weighted by Crippen LogP contribution is 2.39. The summed E-state index contributed by atoms with van der Waals surface area (Å²) in [6.45, 7) is 1.84. The van der Waals surface area contributed by atoms with Gasteiger partial charge in [0.2, 0.25) is 5.75 Å². The number of aromatic hydroxyl groups is 1. The predicted molar refractivity (Wildman–Crippen MR) is 79.5 cm³/mol. The molecule has 0 bridgehead atoms. The molecule has 0 unspecified atom stereocenters. The third-order valence-electron chi connectivity index (χ3n) is 3.53. The van der Waals surface area contributed by atoms with Crippen molar-refractivity contribution in [1.82, 2.24) is 0 Å². The fourth-order valence-electron chi connectivity index (χ4n) is 2.57. The average Bonchev–Trinajstić information content (AvgIpc) is 2.47. The Hall–Kier alpha value is -2.69. The molecule has 1 aromatic heterocycles. The number of methoxy groups -OCH3 is 2. The molecule has 5 heteroatoms. The minimum Gasteiger partial charge on any atom is -0.504 e. The maximum atomic E-state index is 12.2. The summed E-state index contributed by atoms with van der Waals surface area (Å²) in [5, 5.41) is 11.8. The van der Waals surface area contributed by atoms with Gasteiger partial charge in [-0.1, -0.05) is 0 Å². The Bertz CT molecular complexity index is 908. The number of aryl methyl sites for hydroxylation is 1. The summed E-state index contributed by atoms with van der Waals surface area (Å²) in [4.78, 5) is 12.2. The van der Waals surface area contributed by atoms with E-state index in [0.29, 0.717) is 11.1 Å². The van der Waals surface area contributed by atoms with E-state index in [4.69, 9.17) is 13.9 Å². The van der Waals surface area contributed by atoms with E-state index in [1.165, 1.54) is 14.2 Å². The average molecular weight is 286 g/mol. The lowest BCUT2D eigenvalue weighted by Crippen LogP contribution is -2.02. The molecule has 0 aliphatic rings. The Morgan fingerprint density at radius 1 is 1.10 bits per heavy atom. The van der Waals surface area contributed by atoms with E-state index in [-0.39, 0.29) is 17.1 Å². The zero-order valence-corrected chi connectivity index (χ0v) is 11.9. The first kappa shape index (κ1) is 13.3. The van der Waals surface area contributed by atoms with Crippen LogP contribution in [0.5, 0.6) is 17.2 Å². The molecule has 0 saturated heterocycles. The van der Waals surface area contributed by atoms with Crippen LogP contribution in [0, 0.1) is 6.92 Å². The van der Waals surface area contributed by atoms with Crippen molar-refractivity contribution in [3.63, 3.8) is 0 Å². The van der Waals surface area contributed by atoms with Crippen molar-refractivity contribution in [1.29, 1.82) is 0 Å². The summed E-state index contributed by atoms with van der Waals surface area (Å²) < 4.78 is 15.7. The van der Waals surface area contributed by atoms with Crippen LogP contribution in [0.2, 0.25) is 0 Å². The van der Waals surface area contributed by atoms with Crippen LogP contribution in [0.15, 0.2) is 33.5 Å². The van der Waals surface area contributed by atoms with E-state index in [9.17, 15) is 9.90 Å². The van der Waals surface area contributed by atoms with Crippen molar-refractivity contribution in [2.24, 2.45) is 0 Å². The predicted octanol–water partition coefficient (Wildman–Crippen LogP) is 2.98. The van der Waals surface area contributed by atoms with Gasteiger partial charge in [-0.2, -0.15) is 0 Å². The van der Waals surface area contributed by atoms with Crippen molar-refractivity contribution in [2.45, 2.75) is 6.92 Å². The molecule has 0 aliphatic heterocycles. The van der Waals surface area contributed by atoms with Crippen LogP contribution in [-0.4, -0.2) is 19.3 Å². The maximum Gasteiger partial charge on any atom is 0.344 e. The van der Waals surface area contributed by atoms with Gasteiger partial charge in [-0.25, -0.2) is 4.79 Å². The Morgan fingerprint density at radius 2 is 1.86 bits per heavy atom. The second-order valence-electron chi connectivity index (χ2n) is 4.75. The van der Waals surface area contributed by atoms with E-state index in [2.05, 4.69) is 0 Å². The van der Waals surface area contributed by atoms with E-state index < -0.39 is 5.63 Å². The number of fused-ring (bicyclic) bond motifs is 3. The Labute approximate surface area is 120 Å². The van der Waals surface area contributed by atoms with Gasteiger partial charge in [-0.3, -0.25) is 0 Å². The molecule has 3 rings (SSSR count). The third-order valence-corrected chi connectivity index (χ3v) is 3.53. The van der Waals surface area contributed by atoms with Crippen LogP contribution in [0.4, 0.5) is 0 Å². The summed E-state index contributed by atoms with van der Waals surface area (Å²) in [5.74, 6) is 0.682. The van der Waals surface area contributed by atoms with Crippen LogP contribution in [0.3, 0.4) is 0 Å². The molecule has 3 aromatic rings. The fourth-order valence-corrected chi connectivity index (χ4v) is 2.57. The van der Waals surface area contributed by atoms with Crippen molar-refractivity contribution in [3.05, 3.63) is 40.2 Å².